The summed E-state index contributed by atoms with van der Waals surface area (Å²) in [6, 6.07) is 0. The van der Waals surface area contributed by atoms with Gasteiger partial charge in [0.25, 0.3) is 0 Å². The molecule has 0 N–H and O–H groups in total. The van der Waals surface area contributed by atoms with Gasteiger partial charge in [0.2, 0.25) is 0 Å². The average molecular weight is 806 g/mol. The second-order valence-electron chi connectivity index (χ2n) is 16.2. The van der Waals surface area contributed by atoms with Crippen molar-refractivity contribution in [3.8, 4) is 0 Å². The summed E-state index contributed by atoms with van der Waals surface area (Å²) in [6.07, 6.45) is 52.1. The largest absolute Gasteiger partial charge is 0.113 e. The molecule has 4 rings (SSSR count). The predicted molar refractivity (Wildman–Crippen MR) is 245 cm³/mol. The van der Waals surface area contributed by atoms with E-state index < -0.39 is 0 Å². The molecule has 0 amide bonds. The second-order valence-corrected chi connectivity index (χ2v) is 28.9. The maximum atomic E-state index is 2.50. The summed E-state index contributed by atoms with van der Waals surface area (Å²) in [5.74, 6) is 0. The van der Waals surface area contributed by atoms with Gasteiger partial charge in [-0.1, -0.05) is 233 Å². The van der Waals surface area contributed by atoms with E-state index in [1.807, 2.05) is 0 Å². The molecule has 0 atom stereocenters. The van der Waals surface area contributed by atoms with E-state index >= 15 is 0 Å². The molecule has 4 bridgehead atoms. The number of hydrogen-bond donors (Lipinski definition) is 0. The van der Waals surface area contributed by atoms with Crippen LogP contribution in [0.2, 0.25) is 0 Å². The highest BCUT2D eigenvalue weighted by atomic mass is 32.4. The normalized spacial score (nSPS) is 27.1. The first-order valence-corrected chi connectivity index (χ1v) is 27.6. The van der Waals surface area contributed by atoms with Gasteiger partial charge in [0, 0.05) is 0 Å². The third-order valence-electron chi connectivity index (χ3n) is 11.2. The zero-order chi connectivity index (χ0) is 35.7. The van der Waals surface area contributed by atoms with Crippen molar-refractivity contribution in [2.75, 3.05) is 0 Å². The molecule has 0 aliphatic carbocycles. The van der Waals surface area contributed by atoms with Crippen LogP contribution in [-0.4, -0.2) is 13.6 Å². The summed E-state index contributed by atoms with van der Waals surface area (Å²) in [4.78, 5) is 0. The van der Waals surface area contributed by atoms with Crippen LogP contribution in [0.25, 0.3) is 0 Å². The van der Waals surface area contributed by atoms with Crippen molar-refractivity contribution < 1.29 is 0 Å². The van der Waals surface area contributed by atoms with Crippen molar-refractivity contribution in [1.29, 1.82) is 0 Å². The van der Waals surface area contributed by atoms with Gasteiger partial charge >= 0.3 is 0 Å². The number of hydrogen-bond acceptors (Lipinski definition) is 6. The highest BCUT2D eigenvalue weighted by molar-refractivity contribution is 8.64. The summed E-state index contributed by atoms with van der Waals surface area (Å²) >= 11 is 15.0. The summed E-state index contributed by atoms with van der Waals surface area (Å²) in [5, 5.41) is 0. The first kappa shape index (κ1) is 46.5. The second kappa shape index (κ2) is 27.7. The van der Waals surface area contributed by atoms with E-state index in [9.17, 15) is 0 Å². The van der Waals surface area contributed by atoms with Crippen LogP contribution in [-0.2, 0) is 0 Å². The zero-order valence-electron chi connectivity index (χ0n) is 33.9. The van der Waals surface area contributed by atoms with E-state index in [0.29, 0.717) is 13.6 Å². The van der Waals surface area contributed by atoms with E-state index in [0.717, 1.165) is 0 Å². The highest BCUT2D eigenvalue weighted by Crippen LogP contribution is 2.91. The Morgan fingerprint density at radius 3 is 0.500 bits per heavy atom. The van der Waals surface area contributed by atoms with Gasteiger partial charge in [0.15, 0.2) is 0 Å². The van der Waals surface area contributed by atoms with Crippen molar-refractivity contribution >= 4 is 70.6 Å². The molecule has 0 radical (unpaired) electrons. The molecule has 0 spiro atoms. The molecule has 4 heterocycles. The summed E-state index contributed by atoms with van der Waals surface area (Å²) in [6.45, 7) is 9.38. The minimum absolute atomic E-state index is 0.393. The molecule has 4 aliphatic rings. The van der Waals surface area contributed by atoms with Crippen LogP contribution < -0.4 is 0 Å². The maximum Gasteiger partial charge on any atom is 0.113 e. The molecule has 0 nitrogen and oxygen atoms in total. The van der Waals surface area contributed by atoms with E-state index in [-0.39, 0.29) is 0 Å². The molecule has 6 heteroatoms. The molecular weight excluding hydrogens is 721 g/mol. The van der Waals surface area contributed by atoms with E-state index in [2.05, 4.69) is 98.3 Å². The van der Waals surface area contributed by atoms with E-state index in [4.69, 9.17) is 0 Å². The summed E-state index contributed by atoms with van der Waals surface area (Å²) in [7, 11) is 0. The van der Waals surface area contributed by atoms with Crippen LogP contribution in [0.5, 0.6) is 0 Å². The molecular formula is C44H84S6. The predicted octanol–water partition coefficient (Wildman–Crippen LogP) is 19.2. The highest BCUT2D eigenvalue weighted by Gasteiger charge is 2.71. The van der Waals surface area contributed by atoms with Crippen LogP contribution in [0.3, 0.4) is 0 Å². The van der Waals surface area contributed by atoms with Gasteiger partial charge in [-0.15, -0.1) is 70.6 Å². The molecule has 4 aliphatic heterocycles. The summed E-state index contributed by atoms with van der Waals surface area (Å²) in [5.41, 5.74) is 0. The van der Waals surface area contributed by atoms with Crippen LogP contribution in [0.4, 0.5) is 0 Å². The Morgan fingerprint density at radius 1 is 0.200 bits per heavy atom. The molecule has 4 saturated heterocycles. The minimum Gasteiger partial charge on any atom is -0.104 e. The molecule has 296 valence electrons. The summed E-state index contributed by atoms with van der Waals surface area (Å²) < 4.78 is 1.57. The smallest absolute Gasteiger partial charge is 0.104 e. The van der Waals surface area contributed by atoms with Gasteiger partial charge in [0.1, 0.15) is 13.6 Å². The fourth-order valence-corrected chi connectivity index (χ4v) is 30.0. The molecule has 50 heavy (non-hydrogen) atoms. The van der Waals surface area contributed by atoms with Gasteiger partial charge in [-0.05, 0) is 25.7 Å². The van der Waals surface area contributed by atoms with Crippen molar-refractivity contribution in [2.45, 2.75) is 272 Å². The van der Waals surface area contributed by atoms with Crippen LogP contribution in [0.15, 0.2) is 0 Å². The standard InChI is InChI=1S/C44H84S6/c1-5-9-13-17-21-25-29-33-37-41-45-42(38-34-30-26-22-18-14-10-6-2)48-43(46-41,39-35-31-27-23-19-15-11-7-3)50-44(47-41,49-42)40-36-32-28-24-20-16-12-8-4/h5-40H2,1-4H3. The van der Waals surface area contributed by atoms with Gasteiger partial charge < -0.3 is 0 Å². The lowest BCUT2D eigenvalue weighted by Gasteiger charge is -2.67. The van der Waals surface area contributed by atoms with Crippen molar-refractivity contribution in [3.63, 3.8) is 0 Å². The Hall–Kier alpha value is 2.10. The number of rotatable bonds is 36. The van der Waals surface area contributed by atoms with Crippen molar-refractivity contribution in [2.24, 2.45) is 0 Å². The van der Waals surface area contributed by atoms with Crippen LogP contribution >= 0.6 is 70.6 Å². The number of thioether (sulfide) groups is 6. The molecule has 0 aromatic rings. The first-order valence-electron chi connectivity index (χ1n) is 22.7. The monoisotopic (exact) mass is 804 g/mol. The Morgan fingerprint density at radius 2 is 0.340 bits per heavy atom. The van der Waals surface area contributed by atoms with Gasteiger partial charge in [-0.25, -0.2) is 0 Å². The quantitative estimate of drug-likeness (QED) is 0.0575. The van der Waals surface area contributed by atoms with Crippen molar-refractivity contribution in [3.05, 3.63) is 0 Å². The fraction of sp³-hybridized carbons (Fsp3) is 1.00. The SMILES string of the molecule is CCCCCCCCCCC12SC3(CCCCCCCCCC)SC(CCCCCCCCCC)(S1)SC(CCCCCCCCCC)(S2)S3. The zero-order valence-corrected chi connectivity index (χ0v) is 38.8. The lowest BCUT2D eigenvalue weighted by Crippen LogP contribution is -2.53. The van der Waals surface area contributed by atoms with E-state index in [1.54, 1.807) is 0 Å². The third kappa shape index (κ3) is 17.9. The molecule has 0 saturated carbocycles. The van der Waals surface area contributed by atoms with Gasteiger partial charge in [-0.3, -0.25) is 0 Å². The Labute approximate surface area is 340 Å². The fourth-order valence-electron chi connectivity index (χ4n) is 8.19. The molecule has 0 aromatic carbocycles. The molecule has 0 unspecified atom stereocenters. The van der Waals surface area contributed by atoms with Crippen LogP contribution in [0.1, 0.15) is 259 Å². The third-order valence-corrected chi connectivity index (χ3v) is 23.4. The maximum absolute atomic E-state index is 2.50. The van der Waals surface area contributed by atoms with Crippen LogP contribution in [0, 0.1) is 0 Å². The lowest BCUT2D eigenvalue weighted by atomic mass is 10.1. The Balaban J connectivity index is 1.66. The molecule has 0 aromatic heterocycles. The molecule has 4 fully saturated rings. The topological polar surface area (TPSA) is 0 Å². The van der Waals surface area contributed by atoms with E-state index in [1.165, 1.54) is 231 Å². The lowest BCUT2D eigenvalue weighted by molar-refractivity contribution is 0.558. The number of unbranched alkanes of at least 4 members (excludes halogenated alkanes) is 28. The Bertz CT molecular complexity index is 651. The average Bonchev–Trinajstić information content (AvgIpc) is 3.09. The first-order chi connectivity index (χ1) is 24.5. The Kier molecular flexibility index (Phi) is 25.7. The van der Waals surface area contributed by atoms with Gasteiger partial charge in [0.05, 0.1) is 0 Å². The van der Waals surface area contributed by atoms with Gasteiger partial charge in [-0.2, -0.15) is 0 Å². The minimum atomic E-state index is 0.393. The van der Waals surface area contributed by atoms with Crippen molar-refractivity contribution in [1.82, 2.24) is 0 Å².